The molecule has 0 radical (unpaired) electrons. The molecule has 1 aromatic carbocycles. The number of amides is 1. The summed E-state index contributed by atoms with van der Waals surface area (Å²) in [5.74, 6) is 0.588. The van der Waals surface area contributed by atoms with Crippen LogP contribution in [0, 0.1) is 0 Å². The molecule has 1 aliphatic rings. The minimum atomic E-state index is -0.647. The smallest absolute Gasteiger partial charge is 0.260 e. The highest BCUT2D eigenvalue weighted by molar-refractivity contribution is 7.21. The number of nitrogens with two attached hydrogens (primary N) is 2. The summed E-state index contributed by atoms with van der Waals surface area (Å²) >= 11 is 1.28. The normalized spacial score (nSPS) is 15.7. The topological polar surface area (TPSA) is 138 Å². The summed E-state index contributed by atoms with van der Waals surface area (Å²) in [5, 5.41) is 25.6. The molecule has 1 fully saturated rings. The Hall–Kier alpha value is -2.88. The molecule has 8 nitrogen and oxygen atoms in total. The zero-order valence-electron chi connectivity index (χ0n) is 22.7. The van der Waals surface area contributed by atoms with Crippen molar-refractivity contribution in [2.45, 2.75) is 83.4 Å². The molecule has 9 heteroatoms. The lowest BCUT2D eigenvalue weighted by Gasteiger charge is -2.42. The number of phenols is 1. The van der Waals surface area contributed by atoms with Gasteiger partial charge in [0.15, 0.2) is 0 Å². The molecule has 1 atom stereocenters. The number of nitrogens with zero attached hydrogens (tertiary/aromatic N) is 2. The van der Waals surface area contributed by atoms with Crippen LogP contribution in [0.1, 0.15) is 86.2 Å². The van der Waals surface area contributed by atoms with E-state index in [1.165, 1.54) is 11.3 Å². The summed E-state index contributed by atoms with van der Waals surface area (Å²) in [7, 11) is 0. The number of phenolic OH excluding ortho intramolecular Hbond substituents is 1. The Labute approximate surface area is 229 Å². The quantitative estimate of drug-likeness (QED) is 0.234. The third-order valence-electron chi connectivity index (χ3n) is 8.03. The van der Waals surface area contributed by atoms with E-state index in [0.29, 0.717) is 23.0 Å². The van der Waals surface area contributed by atoms with Crippen molar-refractivity contribution in [2.24, 2.45) is 5.73 Å². The first-order valence-corrected chi connectivity index (χ1v) is 14.5. The van der Waals surface area contributed by atoms with E-state index < -0.39 is 12.0 Å². The van der Waals surface area contributed by atoms with E-state index in [9.17, 15) is 15.0 Å². The lowest BCUT2D eigenvalue weighted by molar-refractivity contribution is 0.100. The fourth-order valence-electron chi connectivity index (χ4n) is 5.70. The van der Waals surface area contributed by atoms with E-state index in [-0.39, 0.29) is 11.3 Å². The summed E-state index contributed by atoms with van der Waals surface area (Å²) in [6.07, 6.45) is 5.50. The molecular formula is C29H41N5O3S. The molecule has 1 saturated heterocycles. The minimum absolute atomic E-state index is 0.172. The highest BCUT2D eigenvalue weighted by Crippen LogP contribution is 2.38. The maximum absolute atomic E-state index is 11.9. The number of primary amides is 1. The van der Waals surface area contributed by atoms with Crippen molar-refractivity contribution < 1.29 is 15.0 Å². The number of anilines is 2. The van der Waals surface area contributed by atoms with Crippen LogP contribution in [0.5, 0.6) is 5.75 Å². The van der Waals surface area contributed by atoms with E-state index in [0.717, 1.165) is 78.8 Å². The van der Waals surface area contributed by atoms with Crippen LogP contribution in [0.2, 0.25) is 0 Å². The molecule has 1 unspecified atom stereocenters. The maximum atomic E-state index is 11.9. The number of aliphatic hydroxyl groups is 1. The van der Waals surface area contributed by atoms with Gasteiger partial charge >= 0.3 is 0 Å². The highest BCUT2D eigenvalue weighted by atomic mass is 32.1. The molecule has 206 valence electrons. The first-order chi connectivity index (χ1) is 18.2. The lowest BCUT2D eigenvalue weighted by Crippen LogP contribution is -2.54. The van der Waals surface area contributed by atoms with Crippen molar-refractivity contribution in [1.82, 2.24) is 10.3 Å². The molecule has 3 heterocycles. The number of hydrogen-bond acceptors (Lipinski definition) is 8. The summed E-state index contributed by atoms with van der Waals surface area (Å²) in [6, 6.07) is 9.36. The average Bonchev–Trinajstić information content (AvgIpc) is 3.25. The van der Waals surface area contributed by atoms with Crippen LogP contribution in [0.15, 0.2) is 30.3 Å². The first-order valence-electron chi connectivity index (χ1n) is 13.7. The van der Waals surface area contributed by atoms with E-state index in [1.807, 2.05) is 6.07 Å². The number of nitrogens with one attached hydrogen (secondary N) is 1. The van der Waals surface area contributed by atoms with Gasteiger partial charge in [-0.3, -0.25) is 4.79 Å². The number of rotatable bonds is 11. The molecule has 1 aliphatic heterocycles. The van der Waals surface area contributed by atoms with Crippen LogP contribution in [-0.4, -0.2) is 45.8 Å². The Balaban J connectivity index is 1.47. The van der Waals surface area contributed by atoms with Gasteiger partial charge in [0.2, 0.25) is 0 Å². The Kier molecular flexibility index (Phi) is 8.80. The van der Waals surface area contributed by atoms with Gasteiger partial charge in [0.05, 0.1) is 11.8 Å². The predicted octanol–water partition coefficient (Wildman–Crippen LogP) is 4.88. The number of aliphatic hydroxyl groups excluding tert-OH is 1. The van der Waals surface area contributed by atoms with Gasteiger partial charge in [0.25, 0.3) is 5.91 Å². The highest BCUT2D eigenvalue weighted by Gasteiger charge is 2.33. The number of carbonyl (C=O) groups excluding carboxylic acids is 1. The Morgan fingerprint density at radius 2 is 1.95 bits per heavy atom. The van der Waals surface area contributed by atoms with Gasteiger partial charge in [0, 0.05) is 30.1 Å². The maximum Gasteiger partial charge on any atom is 0.260 e. The number of benzene rings is 1. The number of carbonyl (C=O) groups is 1. The second-order valence-electron chi connectivity index (χ2n) is 10.5. The third kappa shape index (κ3) is 5.90. The van der Waals surface area contributed by atoms with Crippen LogP contribution in [0.25, 0.3) is 10.2 Å². The van der Waals surface area contributed by atoms with Crippen molar-refractivity contribution in [3.8, 4) is 5.75 Å². The molecule has 4 rings (SSSR count). The van der Waals surface area contributed by atoms with Gasteiger partial charge in [-0.2, -0.15) is 0 Å². The van der Waals surface area contributed by atoms with Gasteiger partial charge in [-0.05, 0) is 67.9 Å². The zero-order valence-corrected chi connectivity index (χ0v) is 23.5. The summed E-state index contributed by atoms with van der Waals surface area (Å²) in [5.41, 5.74) is 14.0. The molecule has 38 heavy (non-hydrogen) atoms. The average molecular weight is 540 g/mol. The number of thiophene rings is 1. The van der Waals surface area contributed by atoms with E-state index in [1.54, 1.807) is 18.2 Å². The van der Waals surface area contributed by atoms with Gasteiger partial charge in [-0.25, -0.2) is 4.98 Å². The second-order valence-corrected chi connectivity index (χ2v) is 11.5. The van der Waals surface area contributed by atoms with Crippen molar-refractivity contribution in [1.29, 1.82) is 0 Å². The number of aromatic hydroxyl groups is 1. The van der Waals surface area contributed by atoms with Crippen LogP contribution < -0.4 is 21.7 Å². The number of aryl methyl sites for hydroxylation is 1. The van der Waals surface area contributed by atoms with Crippen molar-refractivity contribution in [2.75, 3.05) is 23.7 Å². The van der Waals surface area contributed by atoms with Crippen molar-refractivity contribution >= 4 is 39.0 Å². The summed E-state index contributed by atoms with van der Waals surface area (Å²) in [4.78, 5) is 20.3. The second kappa shape index (κ2) is 11.9. The molecule has 0 saturated carbocycles. The van der Waals surface area contributed by atoms with Crippen LogP contribution in [-0.2, 0) is 6.42 Å². The molecule has 7 N–H and O–H groups in total. The molecule has 3 aromatic rings. The molecule has 0 spiro atoms. The van der Waals surface area contributed by atoms with Gasteiger partial charge < -0.3 is 31.9 Å². The van der Waals surface area contributed by atoms with Crippen LogP contribution in [0.3, 0.4) is 0 Å². The predicted molar refractivity (Wildman–Crippen MR) is 156 cm³/mol. The lowest BCUT2D eigenvalue weighted by atomic mass is 9.83. The van der Waals surface area contributed by atoms with E-state index in [2.05, 4.69) is 37.1 Å². The fraction of sp³-hybridized carbons (Fsp3) is 0.517. The standard InChI is InChI=1S/C29H41N5O3S/c1-4-8-19-16-23(32-28-24(19)25(30)26(38-28)27(31)37)34-13-11-20(12-14-34)33-29(5-2,6-3)17-22(36)18-9-7-10-21(35)15-18/h7,9-10,15-16,20,22,33,35-36H,4-6,8,11-14,17,30H2,1-3H3,(H2,31,37). The number of fused-ring (bicyclic) bond motifs is 1. The fourth-order valence-corrected chi connectivity index (χ4v) is 6.69. The number of pyridine rings is 1. The van der Waals surface area contributed by atoms with Crippen LogP contribution in [0.4, 0.5) is 11.5 Å². The minimum Gasteiger partial charge on any atom is -0.508 e. The summed E-state index contributed by atoms with van der Waals surface area (Å²) in [6.45, 7) is 8.20. The Morgan fingerprint density at radius 3 is 2.55 bits per heavy atom. The SMILES string of the molecule is CCCc1cc(N2CCC(NC(CC)(CC)CC(O)c3cccc(O)c3)CC2)nc2sc(C(N)=O)c(N)c12. The monoisotopic (exact) mass is 539 g/mol. The molecule has 1 amide bonds. The van der Waals surface area contributed by atoms with E-state index in [4.69, 9.17) is 16.5 Å². The molecule has 2 aromatic heterocycles. The summed E-state index contributed by atoms with van der Waals surface area (Å²) < 4.78 is 0. The Morgan fingerprint density at radius 1 is 1.24 bits per heavy atom. The van der Waals surface area contributed by atoms with Crippen molar-refractivity contribution in [3.05, 3.63) is 46.3 Å². The van der Waals surface area contributed by atoms with Crippen molar-refractivity contribution in [3.63, 3.8) is 0 Å². The zero-order chi connectivity index (χ0) is 27.4. The van der Waals surface area contributed by atoms with Crippen LogP contribution >= 0.6 is 11.3 Å². The molecule has 0 aliphatic carbocycles. The third-order valence-corrected chi connectivity index (χ3v) is 9.15. The van der Waals surface area contributed by atoms with Gasteiger partial charge in [-0.1, -0.05) is 39.3 Å². The molecule has 0 bridgehead atoms. The number of aromatic nitrogens is 1. The largest absolute Gasteiger partial charge is 0.508 e. The van der Waals surface area contributed by atoms with E-state index >= 15 is 0 Å². The molecular weight excluding hydrogens is 498 g/mol. The van der Waals surface area contributed by atoms with Gasteiger partial charge in [0.1, 0.15) is 21.3 Å². The Bertz CT molecular complexity index is 1260. The van der Waals surface area contributed by atoms with Gasteiger partial charge in [-0.15, -0.1) is 11.3 Å². The number of piperidine rings is 1. The first kappa shape index (κ1) is 28.1. The number of nitrogen functional groups attached to an aromatic ring is 1. The number of hydrogen-bond donors (Lipinski definition) is 5.